The van der Waals surface area contributed by atoms with E-state index in [1.165, 1.54) is 31.4 Å². The van der Waals surface area contributed by atoms with E-state index in [4.69, 9.17) is 4.99 Å². The maximum absolute atomic E-state index is 10.7. The summed E-state index contributed by atoms with van der Waals surface area (Å²) in [6.45, 7) is 0. The molecule has 7 heteroatoms. The number of guanidine groups is 1. The number of nitro groups is 1. The van der Waals surface area contributed by atoms with Crippen molar-refractivity contribution >= 4 is 23.5 Å². The monoisotopic (exact) mass is 365 g/mol. The van der Waals surface area contributed by atoms with Gasteiger partial charge in [0.25, 0.3) is 5.69 Å². The third kappa shape index (κ3) is 5.91. The molecule has 0 spiro atoms. The number of nitro benzene ring substituents is 1. The van der Waals surface area contributed by atoms with Crippen molar-refractivity contribution in [1.29, 1.82) is 0 Å². The first-order valence-electron chi connectivity index (χ1n) is 9.14. The van der Waals surface area contributed by atoms with E-state index in [9.17, 15) is 10.1 Å². The second kappa shape index (κ2) is 9.47. The molecule has 2 N–H and O–H groups in total. The lowest BCUT2D eigenvalue weighted by Gasteiger charge is -2.19. The number of non-ortho nitro benzene ring substituents is 1. The standard InChI is InChI=1S/C20H23N5O2/c26-25(27)19-13-11-16(12-14-19)15-21-24-20(22-17-7-3-1-4-8-17)23-18-9-5-2-6-10-18/h1,3-4,7-8,11-15,18H,2,5-6,9-10H2,(H2,22,23,24)/b21-15+. The van der Waals surface area contributed by atoms with Gasteiger partial charge in [-0.05, 0) is 42.7 Å². The van der Waals surface area contributed by atoms with Gasteiger partial charge >= 0.3 is 0 Å². The summed E-state index contributed by atoms with van der Waals surface area (Å²) in [5.74, 6) is 0.603. The molecule has 0 aliphatic heterocycles. The van der Waals surface area contributed by atoms with Crippen molar-refractivity contribution in [2.75, 3.05) is 5.32 Å². The third-order valence-corrected chi connectivity index (χ3v) is 4.41. The number of nitrogens with zero attached hydrogens (tertiary/aromatic N) is 3. The van der Waals surface area contributed by atoms with Crippen molar-refractivity contribution < 1.29 is 4.92 Å². The first-order valence-corrected chi connectivity index (χ1v) is 9.14. The van der Waals surface area contributed by atoms with E-state index in [2.05, 4.69) is 15.8 Å². The minimum absolute atomic E-state index is 0.0606. The van der Waals surface area contributed by atoms with E-state index in [0.29, 0.717) is 12.0 Å². The van der Waals surface area contributed by atoms with E-state index in [1.54, 1.807) is 18.3 Å². The topological polar surface area (TPSA) is 91.9 Å². The smallest absolute Gasteiger partial charge is 0.269 e. The maximum atomic E-state index is 10.7. The van der Waals surface area contributed by atoms with Gasteiger partial charge < -0.3 is 5.32 Å². The summed E-state index contributed by atoms with van der Waals surface area (Å²) in [5, 5.41) is 18.2. The number of hydrogen-bond acceptors (Lipinski definition) is 4. The van der Waals surface area contributed by atoms with Gasteiger partial charge in [-0.15, -0.1) is 0 Å². The van der Waals surface area contributed by atoms with Crippen molar-refractivity contribution in [3.05, 3.63) is 70.3 Å². The summed E-state index contributed by atoms with van der Waals surface area (Å²) < 4.78 is 0. The van der Waals surface area contributed by atoms with Crippen LogP contribution in [0.4, 0.5) is 11.4 Å². The number of hydrazone groups is 1. The van der Waals surface area contributed by atoms with Gasteiger partial charge in [0.15, 0.2) is 0 Å². The number of benzene rings is 2. The van der Waals surface area contributed by atoms with Gasteiger partial charge in [0.05, 0.1) is 17.2 Å². The van der Waals surface area contributed by atoms with Gasteiger partial charge in [-0.1, -0.05) is 37.5 Å². The molecule has 1 aliphatic rings. The molecule has 0 aromatic heterocycles. The summed E-state index contributed by atoms with van der Waals surface area (Å²) in [6, 6.07) is 16.4. The fourth-order valence-electron chi connectivity index (χ4n) is 2.99. The number of hydrogen-bond donors (Lipinski definition) is 2. The van der Waals surface area contributed by atoms with Crippen LogP contribution in [0.5, 0.6) is 0 Å². The van der Waals surface area contributed by atoms with E-state index in [0.717, 1.165) is 24.1 Å². The largest absolute Gasteiger partial charge is 0.325 e. The average Bonchev–Trinajstić information content (AvgIpc) is 2.70. The summed E-state index contributed by atoms with van der Waals surface area (Å²) in [6.07, 6.45) is 7.49. The highest BCUT2D eigenvalue weighted by Crippen LogP contribution is 2.20. The molecular formula is C20H23N5O2. The van der Waals surface area contributed by atoms with E-state index < -0.39 is 4.92 Å². The van der Waals surface area contributed by atoms with Crippen molar-refractivity contribution in [2.24, 2.45) is 10.1 Å². The normalized spacial score (nSPS) is 15.6. The molecule has 2 aromatic rings. The number of rotatable bonds is 5. The van der Waals surface area contributed by atoms with Crippen LogP contribution >= 0.6 is 0 Å². The van der Waals surface area contributed by atoms with E-state index >= 15 is 0 Å². The molecule has 0 bridgehead atoms. The zero-order valence-electron chi connectivity index (χ0n) is 15.0. The number of aliphatic imine (C=N–C) groups is 1. The second-order valence-electron chi connectivity index (χ2n) is 6.48. The van der Waals surface area contributed by atoms with Crippen LogP contribution in [0.25, 0.3) is 0 Å². The Hall–Kier alpha value is -3.22. The van der Waals surface area contributed by atoms with Crippen LogP contribution in [0.15, 0.2) is 64.7 Å². The van der Waals surface area contributed by atoms with Crippen LogP contribution in [0.2, 0.25) is 0 Å². The first-order chi connectivity index (χ1) is 13.2. The molecule has 7 nitrogen and oxygen atoms in total. The summed E-state index contributed by atoms with van der Waals surface area (Å²) in [5.41, 5.74) is 4.74. The Morgan fingerprint density at radius 1 is 1.04 bits per heavy atom. The predicted octanol–water partition coefficient (Wildman–Crippen LogP) is 4.32. The highest BCUT2D eigenvalue weighted by molar-refractivity contribution is 5.94. The average molecular weight is 365 g/mol. The molecule has 1 fully saturated rings. The van der Waals surface area contributed by atoms with Crippen molar-refractivity contribution in [3.63, 3.8) is 0 Å². The van der Waals surface area contributed by atoms with Crippen LogP contribution in [0, 0.1) is 10.1 Å². The lowest BCUT2D eigenvalue weighted by atomic mass is 9.96. The highest BCUT2D eigenvalue weighted by atomic mass is 16.6. The van der Waals surface area contributed by atoms with Gasteiger partial charge in [-0.3, -0.25) is 10.1 Å². The molecule has 1 saturated carbocycles. The van der Waals surface area contributed by atoms with E-state index in [1.807, 2.05) is 30.3 Å². The molecule has 140 valence electrons. The molecule has 2 aromatic carbocycles. The van der Waals surface area contributed by atoms with Crippen LogP contribution in [-0.2, 0) is 0 Å². The molecule has 0 heterocycles. The molecule has 0 amide bonds. The number of para-hydroxylation sites is 1. The van der Waals surface area contributed by atoms with Crippen LogP contribution in [0.1, 0.15) is 37.7 Å². The highest BCUT2D eigenvalue weighted by Gasteiger charge is 2.13. The SMILES string of the molecule is O=[N+]([O-])c1ccc(/C=N/NC(=NC2CCCCC2)Nc2ccccc2)cc1. The lowest BCUT2D eigenvalue weighted by Crippen LogP contribution is -2.29. The van der Waals surface area contributed by atoms with Gasteiger partial charge in [0, 0.05) is 17.8 Å². The first kappa shape index (κ1) is 18.6. The Morgan fingerprint density at radius 2 is 1.74 bits per heavy atom. The fourth-order valence-corrected chi connectivity index (χ4v) is 2.99. The molecule has 0 saturated heterocycles. The van der Waals surface area contributed by atoms with Gasteiger partial charge in [-0.25, -0.2) is 10.4 Å². The Labute approximate surface area is 158 Å². The van der Waals surface area contributed by atoms with E-state index in [-0.39, 0.29) is 5.69 Å². The Kier molecular flexibility index (Phi) is 6.51. The summed E-state index contributed by atoms with van der Waals surface area (Å²) in [4.78, 5) is 15.1. The molecule has 3 rings (SSSR count). The minimum Gasteiger partial charge on any atom is -0.325 e. The summed E-state index contributed by atoms with van der Waals surface area (Å²) >= 11 is 0. The summed E-state index contributed by atoms with van der Waals surface area (Å²) in [7, 11) is 0. The minimum atomic E-state index is -0.419. The van der Waals surface area contributed by atoms with Gasteiger partial charge in [-0.2, -0.15) is 5.10 Å². The number of anilines is 1. The molecule has 0 unspecified atom stereocenters. The zero-order chi connectivity index (χ0) is 18.9. The fraction of sp³-hybridized carbons (Fsp3) is 0.300. The zero-order valence-corrected chi connectivity index (χ0v) is 15.0. The quantitative estimate of drug-likeness (QED) is 0.357. The maximum Gasteiger partial charge on any atom is 0.269 e. The molecule has 0 atom stereocenters. The van der Waals surface area contributed by atoms with Crippen molar-refractivity contribution in [1.82, 2.24) is 5.43 Å². The van der Waals surface area contributed by atoms with Gasteiger partial charge in [0.1, 0.15) is 0 Å². The third-order valence-electron chi connectivity index (χ3n) is 4.41. The molecule has 0 radical (unpaired) electrons. The molecule has 27 heavy (non-hydrogen) atoms. The van der Waals surface area contributed by atoms with Crippen molar-refractivity contribution in [2.45, 2.75) is 38.1 Å². The number of nitrogens with one attached hydrogen (secondary N) is 2. The lowest BCUT2D eigenvalue weighted by molar-refractivity contribution is -0.384. The molecular weight excluding hydrogens is 342 g/mol. The van der Waals surface area contributed by atoms with Crippen LogP contribution in [0.3, 0.4) is 0 Å². The Morgan fingerprint density at radius 3 is 2.41 bits per heavy atom. The predicted molar refractivity (Wildman–Crippen MR) is 108 cm³/mol. The van der Waals surface area contributed by atoms with Crippen molar-refractivity contribution in [3.8, 4) is 0 Å². The Balaban J connectivity index is 1.68. The van der Waals surface area contributed by atoms with Crippen LogP contribution in [-0.4, -0.2) is 23.1 Å². The van der Waals surface area contributed by atoms with Gasteiger partial charge in [0.2, 0.25) is 5.96 Å². The Bertz CT molecular complexity index is 797. The van der Waals surface area contributed by atoms with Crippen LogP contribution < -0.4 is 10.7 Å². The molecule has 1 aliphatic carbocycles. The second-order valence-corrected chi connectivity index (χ2v) is 6.48.